The van der Waals surface area contributed by atoms with E-state index in [-0.39, 0.29) is 11.3 Å². The fraction of sp³-hybridized carbons (Fsp3) is 1.00. The third kappa shape index (κ3) is 3.42. The van der Waals surface area contributed by atoms with Crippen LogP contribution in [0.2, 0.25) is 0 Å². The first kappa shape index (κ1) is 8.84. The van der Waals surface area contributed by atoms with E-state index in [2.05, 4.69) is 0 Å². The Labute approximate surface area is 54.8 Å². The number of hydrogen-bond acceptors (Lipinski definition) is 4. The molecule has 0 aromatic rings. The van der Waals surface area contributed by atoms with Crippen LogP contribution in [0.4, 0.5) is 0 Å². The van der Waals surface area contributed by atoms with Gasteiger partial charge in [-0.05, 0) is 19.4 Å². The molecule has 0 radical (unpaired) electrons. The molecule has 0 saturated heterocycles. The van der Waals surface area contributed by atoms with E-state index >= 15 is 0 Å². The van der Waals surface area contributed by atoms with Gasteiger partial charge < -0.3 is 5.73 Å². The maximum absolute atomic E-state index is 8.48. The van der Waals surface area contributed by atoms with Crippen molar-refractivity contribution < 1.29 is 10.4 Å². The second-order valence-electron chi connectivity index (χ2n) is 1.96. The first-order valence-corrected chi connectivity index (χ1v) is 3.09. The summed E-state index contributed by atoms with van der Waals surface area (Å²) >= 11 is 0. The molecule has 0 rings (SSSR count). The van der Waals surface area contributed by atoms with Crippen molar-refractivity contribution in [3.8, 4) is 0 Å². The largest absolute Gasteiger partial charge is 0.330 e. The van der Waals surface area contributed by atoms with Gasteiger partial charge in [0.25, 0.3) is 0 Å². The summed E-state index contributed by atoms with van der Waals surface area (Å²) in [5.74, 6) is 0. The van der Waals surface area contributed by atoms with Gasteiger partial charge in [0, 0.05) is 0 Å². The van der Waals surface area contributed by atoms with Crippen molar-refractivity contribution in [1.82, 2.24) is 5.23 Å². The van der Waals surface area contributed by atoms with Crippen molar-refractivity contribution in [3.05, 3.63) is 0 Å². The molecule has 0 aromatic heterocycles. The maximum atomic E-state index is 8.48. The van der Waals surface area contributed by atoms with Crippen molar-refractivity contribution >= 4 is 0 Å². The Kier molecular flexibility index (Phi) is 4.61. The molecule has 0 bridgehead atoms. The van der Waals surface area contributed by atoms with E-state index in [1.807, 2.05) is 6.92 Å². The van der Waals surface area contributed by atoms with Gasteiger partial charge in [-0.2, -0.15) is 0 Å². The second kappa shape index (κ2) is 4.69. The number of nitrogens with zero attached hydrogens (tertiary/aromatic N) is 1. The fourth-order valence-electron chi connectivity index (χ4n) is 0.675. The Morgan fingerprint density at radius 2 is 2.11 bits per heavy atom. The van der Waals surface area contributed by atoms with Gasteiger partial charge in [-0.3, -0.25) is 10.4 Å². The third-order valence-corrected chi connectivity index (χ3v) is 1.30. The lowest BCUT2D eigenvalue weighted by Crippen LogP contribution is -2.30. The van der Waals surface area contributed by atoms with Gasteiger partial charge >= 0.3 is 0 Å². The average molecular weight is 134 g/mol. The van der Waals surface area contributed by atoms with Gasteiger partial charge in [0.05, 0.1) is 6.04 Å². The molecule has 0 amide bonds. The van der Waals surface area contributed by atoms with Crippen LogP contribution in [0.15, 0.2) is 0 Å². The zero-order chi connectivity index (χ0) is 7.28. The van der Waals surface area contributed by atoms with Crippen molar-refractivity contribution in [3.63, 3.8) is 0 Å². The first-order chi connectivity index (χ1) is 4.22. The van der Waals surface area contributed by atoms with Crippen molar-refractivity contribution in [2.75, 3.05) is 6.54 Å². The molecule has 0 aromatic carbocycles. The van der Waals surface area contributed by atoms with E-state index < -0.39 is 0 Å². The molecule has 1 unspecified atom stereocenters. The Morgan fingerprint density at radius 1 is 1.56 bits per heavy atom. The molecule has 9 heavy (non-hydrogen) atoms. The lowest BCUT2D eigenvalue weighted by molar-refractivity contribution is -0.332. The van der Waals surface area contributed by atoms with E-state index in [1.165, 1.54) is 0 Å². The molecule has 0 heterocycles. The summed E-state index contributed by atoms with van der Waals surface area (Å²) in [6, 6.07) is -0.213. The molecule has 4 N–H and O–H groups in total. The Bertz CT molecular complexity index is 68.0. The summed E-state index contributed by atoms with van der Waals surface area (Å²) in [7, 11) is 0. The predicted octanol–water partition coefficient (Wildman–Crippen LogP) is 0.194. The smallest absolute Gasteiger partial charge is 0.0633 e. The minimum atomic E-state index is -0.213. The highest BCUT2D eigenvalue weighted by atomic mass is 16.8. The predicted molar refractivity (Wildman–Crippen MR) is 33.2 cm³/mol. The van der Waals surface area contributed by atoms with Gasteiger partial charge in [0.1, 0.15) is 0 Å². The van der Waals surface area contributed by atoms with Crippen LogP contribution in [-0.4, -0.2) is 28.2 Å². The highest BCUT2D eigenvalue weighted by molar-refractivity contribution is 4.57. The molecule has 4 heteroatoms. The SMILES string of the molecule is CCC(CCN)N(O)O. The molecule has 4 nitrogen and oxygen atoms in total. The average Bonchev–Trinajstić information content (AvgIpc) is 1.82. The third-order valence-electron chi connectivity index (χ3n) is 1.30. The molecule has 1 atom stereocenters. The Hall–Kier alpha value is -0.160. The van der Waals surface area contributed by atoms with E-state index in [9.17, 15) is 0 Å². The zero-order valence-electron chi connectivity index (χ0n) is 5.62. The van der Waals surface area contributed by atoms with Crippen molar-refractivity contribution in [2.24, 2.45) is 5.73 Å². The highest BCUT2D eigenvalue weighted by Gasteiger charge is 2.09. The summed E-state index contributed by atoms with van der Waals surface area (Å²) in [5.41, 5.74) is 5.19. The lowest BCUT2D eigenvalue weighted by Gasteiger charge is -2.16. The minimum Gasteiger partial charge on any atom is -0.330 e. The number of rotatable bonds is 4. The van der Waals surface area contributed by atoms with Crippen molar-refractivity contribution in [1.29, 1.82) is 0 Å². The second-order valence-corrected chi connectivity index (χ2v) is 1.96. The van der Waals surface area contributed by atoms with Crippen LogP contribution < -0.4 is 5.73 Å². The number of hydrogen-bond donors (Lipinski definition) is 3. The molecule has 0 aliphatic carbocycles. The molecule has 56 valence electrons. The molecular formula is C5H14N2O2. The van der Waals surface area contributed by atoms with Gasteiger partial charge in [0.2, 0.25) is 0 Å². The summed E-state index contributed by atoms with van der Waals surface area (Å²) in [6.45, 7) is 2.36. The van der Waals surface area contributed by atoms with Crippen LogP contribution in [0.25, 0.3) is 0 Å². The van der Waals surface area contributed by atoms with Crippen LogP contribution >= 0.6 is 0 Å². The maximum Gasteiger partial charge on any atom is 0.0633 e. The normalized spacial score (nSPS) is 14.3. The van der Waals surface area contributed by atoms with Crippen LogP contribution in [0.1, 0.15) is 19.8 Å². The molecular weight excluding hydrogens is 120 g/mol. The summed E-state index contributed by atoms with van der Waals surface area (Å²) < 4.78 is 0. The highest BCUT2D eigenvalue weighted by Crippen LogP contribution is 2.00. The van der Waals surface area contributed by atoms with E-state index in [0.717, 1.165) is 0 Å². The van der Waals surface area contributed by atoms with Crippen molar-refractivity contribution in [2.45, 2.75) is 25.8 Å². The van der Waals surface area contributed by atoms with Gasteiger partial charge in [-0.1, -0.05) is 12.2 Å². The van der Waals surface area contributed by atoms with Gasteiger partial charge in [-0.15, -0.1) is 0 Å². The van der Waals surface area contributed by atoms with Gasteiger partial charge in [-0.25, -0.2) is 0 Å². The number of hydroxylamine groups is 2. The fourth-order valence-corrected chi connectivity index (χ4v) is 0.675. The summed E-state index contributed by atoms with van der Waals surface area (Å²) in [4.78, 5) is 0. The topological polar surface area (TPSA) is 69.7 Å². The Morgan fingerprint density at radius 3 is 2.22 bits per heavy atom. The summed E-state index contributed by atoms with van der Waals surface area (Å²) in [6.07, 6.45) is 1.31. The number of nitrogens with two attached hydrogens (primary N) is 1. The van der Waals surface area contributed by atoms with Crippen LogP contribution in [-0.2, 0) is 0 Å². The summed E-state index contributed by atoms with van der Waals surface area (Å²) in [5, 5.41) is 17.2. The molecule has 0 fully saturated rings. The van der Waals surface area contributed by atoms with Gasteiger partial charge in [0.15, 0.2) is 0 Å². The lowest BCUT2D eigenvalue weighted by atomic mass is 10.2. The first-order valence-electron chi connectivity index (χ1n) is 3.09. The zero-order valence-corrected chi connectivity index (χ0v) is 5.62. The van der Waals surface area contributed by atoms with E-state index in [4.69, 9.17) is 16.1 Å². The van der Waals surface area contributed by atoms with Crippen LogP contribution in [0, 0.1) is 0 Å². The minimum absolute atomic E-state index is 0.213. The molecule has 0 aliphatic rings. The van der Waals surface area contributed by atoms with Crippen LogP contribution in [0.3, 0.4) is 0 Å². The molecule has 0 spiro atoms. The quantitative estimate of drug-likeness (QED) is 0.480. The molecule has 0 saturated carbocycles. The van der Waals surface area contributed by atoms with Crippen LogP contribution in [0.5, 0.6) is 0 Å². The van der Waals surface area contributed by atoms with E-state index in [0.29, 0.717) is 19.4 Å². The monoisotopic (exact) mass is 134 g/mol. The Balaban J connectivity index is 3.41. The molecule has 0 aliphatic heterocycles. The van der Waals surface area contributed by atoms with E-state index in [1.54, 1.807) is 0 Å². The standard InChI is InChI=1S/C5H14N2O2/c1-2-5(3-4-6)7(8)9/h5,8-9H,2-4,6H2,1H3.